The number of hydrogen-bond acceptors (Lipinski definition) is 18. The first-order chi connectivity index (χ1) is 38.0. The molecule has 26 heteroatoms. The molecule has 0 spiro atoms. The van der Waals surface area contributed by atoms with E-state index in [4.69, 9.17) is 33.2 Å². The third kappa shape index (κ3) is 32.0. The van der Waals surface area contributed by atoms with Crippen molar-refractivity contribution in [2.75, 3.05) is 131 Å². The van der Waals surface area contributed by atoms with Gasteiger partial charge in [0.05, 0.1) is 20.2 Å². The average Bonchev–Trinajstić information content (AvgIpc) is 3.29. The number of unbranched alkanes of at least 4 members (excludes halogenated alkanes) is 1. The Morgan fingerprint density at radius 1 is 0.349 bits per heavy atom. The number of ether oxygens (including phenoxy) is 7. The van der Waals surface area contributed by atoms with E-state index < -0.39 is 88.1 Å². The molecular weight excluding hydrogens is 1080 g/mol. The fourth-order valence-corrected chi connectivity index (χ4v) is 8.07. The van der Waals surface area contributed by atoms with Gasteiger partial charge >= 0.3 is 42.5 Å². The summed E-state index contributed by atoms with van der Waals surface area (Å²) in [6.45, 7) is 32.9. The number of esters is 1. The highest BCUT2D eigenvalue weighted by atomic mass is 16.6. The van der Waals surface area contributed by atoms with Gasteiger partial charge in [-0.2, -0.15) is 0 Å². The zero-order chi connectivity index (χ0) is 63.3. The van der Waals surface area contributed by atoms with Crippen molar-refractivity contribution in [3.8, 4) is 0 Å². The third-order valence-corrected chi connectivity index (χ3v) is 12.0. The lowest BCUT2D eigenvalue weighted by atomic mass is 10.1. The summed E-state index contributed by atoms with van der Waals surface area (Å²) in [7, 11) is 1.22. The maximum atomic E-state index is 13.9. The van der Waals surface area contributed by atoms with Gasteiger partial charge in [-0.3, -0.25) is 19.4 Å². The average molecular weight is 1190 g/mol. The van der Waals surface area contributed by atoms with Crippen LogP contribution >= 0.6 is 0 Å². The molecule has 2 N–H and O–H groups in total. The maximum absolute atomic E-state index is 13.9. The van der Waals surface area contributed by atoms with Crippen molar-refractivity contribution in [2.45, 2.75) is 184 Å². The molecule has 2 heterocycles. The lowest BCUT2D eigenvalue weighted by Crippen LogP contribution is -2.53. The van der Waals surface area contributed by atoms with Crippen LogP contribution in [0.15, 0.2) is 0 Å². The molecule has 1 atom stereocenters. The van der Waals surface area contributed by atoms with Crippen LogP contribution in [-0.2, 0) is 47.5 Å². The molecule has 8 amide bonds. The van der Waals surface area contributed by atoms with Gasteiger partial charge in [-0.05, 0) is 144 Å². The molecule has 0 aliphatic carbocycles. The molecule has 2 saturated heterocycles. The van der Waals surface area contributed by atoms with E-state index in [2.05, 4.69) is 10.6 Å². The molecule has 2 aliphatic rings. The van der Waals surface area contributed by atoms with Crippen LogP contribution in [0.4, 0.5) is 28.8 Å². The highest BCUT2D eigenvalue weighted by molar-refractivity contribution is 5.85. The van der Waals surface area contributed by atoms with Crippen LogP contribution in [0, 0.1) is 0 Å². The van der Waals surface area contributed by atoms with Gasteiger partial charge in [0.25, 0.3) is 0 Å². The van der Waals surface area contributed by atoms with Crippen LogP contribution in [0.3, 0.4) is 0 Å². The molecule has 2 rings (SSSR count). The van der Waals surface area contributed by atoms with Gasteiger partial charge in [-0.15, -0.1) is 0 Å². The highest BCUT2D eigenvalue weighted by Gasteiger charge is 2.33. The Labute approximate surface area is 494 Å². The number of carbonyl (C=O) groups is 9. The van der Waals surface area contributed by atoms with Crippen LogP contribution in [0.5, 0.6) is 0 Å². The quantitative estimate of drug-likeness (QED) is 0.137. The van der Waals surface area contributed by atoms with E-state index in [1.54, 1.807) is 130 Å². The minimum Gasteiger partial charge on any atom is -0.467 e. The van der Waals surface area contributed by atoms with Crippen molar-refractivity contribution in [2.24, 2.45) is 0 Å². The molecule has 478 valence electrons. The molecule has 2 aliphatic heterocycles. The van der Waals surface area contributed by atoms with E-state index in [0.29, 0.717) is 12.8 Å². The molecule has 0 aromatic rings. The van der Waals surface area contributed by atoms with Crippen LogP contribution in [-0.4, -0.2) is 265 Å². The fourth-order valence-electron chi connectivity index (χ4n) is 8.07. The summed E-state index contributed by atoms with van der Waals surface area (Å²) in [4.78, 5) is 134. The highest BCUT2D eigenvalue weighted by Crippen LogP contribution is 2.18. The zero-order valence-corrected chi connectivity index (χ0v) is 53.7. The van der Waals surface area contributed by atoms with Gasteiger partial charge < -0.3 is 73.2 Å². The van der Waals surface area contributed by atoms with Gasteiger partial charge in [-0.1, -0.05) is 0 Å². The second-order valence-electron chi connectivity index (χ2n) is 26.8. The predicted octanol–water partition coefficient (Wildman–Crippen LogP) is 5.98. The first-order valence-corrected chi connectivity index (χ1v) is 29.0. The summed E-state index contributed by atoms with van der Waals surface area (Å²) in [5.41, 5.74) is -4.90. The van der Waals surface area contributed by atoms with Gasteiger partial charge in [-0.25, -0.2) is 33.6 Å². The van der Waals surface area contributed by atoms with Crippen LogP contribution in [0.2, 0.25) is 0 Å². The number of hydrogen-bond donors (Lipinski definition) is 2. The second-order valence-corrected chi connectivity index (χ2v) is 26.8. The zero-order valence-electron chi connectivity index (χ0n) is 53.7. The third-order valence-electron chi connectivity index (χ3n) is 12.0. The molecule has 0 unspecified atom stereocenters. The summed E-state index contributed by atoms with van der Waals surface area (Å²) >= 11 is 0. The first-order valence-electron chi connectivity index (χ1n) is 29.0. The number of methoxy groups -OCH3 is 1. The second kappa shape index (κ2) is 32.3. The molecule has 2 fully saturated rings. The number of rotatable bonds is 11. The summed E-state index contributed by atoms with van der Waals surface area (Å²) in [5, 5.41) is 5.73. The van der Waals surface area contributed by atoms with Crippen LogP contribution < -0.4 is 10.6 Å². The van der Waals surface area contributed by atoms with Gasteiger partial charge in [0.15, 0.2) is 0 Å². The van der Waals surface area contributed by atoms with E-state index in [9.17, 15) is 43.2 Å². The Hall–Kier alpha value is -6.05. The van der Waals surface area contributed by atoms with Crippen LogP contribution in [0.1, 0.15) is 144 Å². The monoisotopic (exact) mass is 1180 g/mol. The van der Waals surface area contributed by atoms with Gasteiger partial charge in [0, 0.05) is 111 Å². The number of carbonyl (C=O) groups excluding carboxylic acids is 9. The Bertz CT molecular complexity index is 2050. The molecule has 83 heavy (non-hydrogen) atoms. The summed E-state index contributed by atoms with van der Waals surface area (Å²) in [6, 6.07) is -1.05. The first kappa shape index (κ1) is 73.1. The minimum atomic E-state index is -1.05. The Kier molecular flexibility index (Phi) is 28.4. The van der Waals surface area contributed by atoms with E-state index >= 15 is 0 Å². The van der Waals surface area contributed by atoms with E-state index in [0.717, 1.165) is 0 Å². The van der Waals surface area contributed by atoms with Crippen molar-refractivity contribution in [3.05, 3.63) is 0 Å². The van der Waals surface area contributed by atoms with Crippen molar-refractivity contribution in [3.63, 3.8) is 0 Å². The van der Waals surface area contributed by atoms with E-state index in [1.807, 2.05) is 4.90 Å². The normalized spacial score (nSPS) is 17.2. The molecule has 0 saturated carbocycles. The van der Waals surface area contributed by atoms with Crippen molar-refractivity contribution in [1.29, 1.82) is 0 Å². The number of amides is 8. The lowest BCUT2D eigenvalue weighted by molar-refractivity contribution is -0.145. The molecule has 0 aromatic carbocycles. The van der Waals surface area contributed by atoms with Crippen molar-refractivity contribution < 1.29 is 76.3 Å². The lowest BCUT2D eigenvalue weighted by Gasteiger charge is -2.35. The van der Waals surface area contributed by atoms with E-state index in [1.165, 1.54) is 36.5 Å². The molecule has 26 nitrogen and oxygen atoms in total. The largest absolute Gasteiger partial charge is 0.467 e. The molecule has 0 bridgehead atoms. The van der Waals surface area contributed by atoms with Crippen LogP contribution in [0.25, 0.3) is 0 Å². The van der Waals surface area contributed by atoms with Gasteiger partial charge in [0.1, 0.15) is 39.6 Å². The Morgan fingerprint density at radius 2 is 0.578 bits per heavy atom. The minimum absolute atomic E-state index is 0.0475. The Morgan fingerprint density at radius 3 is 0.807 bits per heavy atom. The SMILES string of the molecule is COC(=O)[C@H](CCCCNC(=O)CN1CCN(C(=O)OC(C)(C)C)CCN(C(=O)OC(C)(C)C)CCN(C(=O)OC(C)(C)C)CC1)NC(=O)CN1CCN(C(=O)OC(C)(C)C)CCN(C(=O)OC(C)(C)C)CCN(C(=O)OC(C)(C)C)CC1. The predicted molar refractivity (Wildman–Crippen MR) is 311 cm³/mol. The molecular formula is C57H104N10O16. The molecule has 0 radical (unpaired) electrons. The van der Waals surface area contributed by atoms with Crippen molar-refractivity contribution >= 4 is 54.3 Å². The number of nitrogens with one attached hydrogen (secondary N) is 2. The number of nitrogens with zero attached hydrogens (tertiary/aromatic N) is 8. The molecule has 0 aromatic heterocycles. The smallest absolute Gasteiger partial charge is 0.410 e. The summed E-state index contributed by atoms with van der Waals surface area (Å²) < 4.78 is 39.4. The fraction of sp³-hybridized carbons (Fsp3) is 0.842. The summed E-state index contributed by atoms with van der Waals surface area (Å²) in [6.07, 6.45) is -2.69. The van der Waals surface area contributed by atoms with Gasteiger partial charge in [0.2, 0.25) is 11.8 Å². The van der Waals surface area contributed by atoms with Crippen molar-refractivity contribution in [1.82, 2.24) is 49.8 Å². The topological polar surface area (TPSA) is 268 Å². The van der Waals surface area contributed by atoms with E-state index in [-0.39, 0.29) is 137 Å². The Balaban J connectivity index is 2.26. The maximum Gasteiger partial charge on any atom is 0.410 e. The standard InChI is InChI=1S/C57H104N10O16/c1-52(2,3)78-46(71)62-28-24-60(25-29-63(47(72)79-53(4,5)6)33-37-66(36-32-62)50(75)82-56(13,14)15)40-43(68)58-23-21-20-22-42(45(70)77-19)59-44(69)41-61-26-30-64(48(73)80-54(7,8)9)34-38-67(51(76)83-57(16,17)18)39-35-65(31-27-61)49(74)81-55(10,11)12/h42H,20-41H2,1-19H3,(H,58,68)(H,59,69)/t42-/m0/s1. The summed E-state index contributed by atoms with van der Waals surface area (Å²) in [5.74, 6) is -1.53.